The van der Waals surface area contributed by atoms with E-state index in [9.17, 15) is 0 Å². The summed E-state index contributed by atoms with van der Waals surface area (Å²) >= 11 is 0. The first-order chi connectivity index (χ1) is 14.5. The molecule has 0 saturated carbocycles. The second-order valence-corrected chi connectivity index (χ2v) is 7.33. The molecule has 150 valence electrons. The van der Waals surface area contributed by atoms with Crippen molar-refractivity contribution in [1.29, 1.82) is 0 Å². The summed E-state index contributed by atoms with van der Waals surface area (Å²) in [5.74, 6) is 0. The van der Waals surface area contributed by atoms with Crippen LogP contribution in [0.3, 0.4) is 0 Å². The molecule has 0 aliphatic rings. The van der Waals surface area contributed by atoms with Gasteiger partial charge < -0.3 is 0 Å². The Bertz CT molecular complexity index is 1030. The van der Waals surface area contributed by atoms with Gasteiger partial charge in [-0.1, -0.05) is 60.7 Å². The van der Waals surface area contributed by atoms with Crippen LogP contribution in [0.2, 0.25) is 0 Å². The molecule has 0 aromatic heterocycles. The molecule has 0 bridgehead atoms. The van der Waals surface area contributed by atoms with Crippen molar-refractivity contribution >= 4 is 24.9 Å². The molecule has 0 atom stereocenters. The van der Waals surface area contributed by atoms with Gasteiger partial charge in [0.25, 0.3) is 0 Å². The fourth-order valence-electron chi connectivity index (χ4n) is 2.76. The third kappa shape index (κ3) is 6.17. The van der Waals surface area contributed by atoms with E-state index >= 15 is 0 Å². The van der Waals surface area contributed by atoms with Crippen LogP contribution in [0.15, 0.2) is 81.1 Å². The van der Waals surface area contributed by atoms with Crippen LogP contribution < -0.4 is 0 Å². The lowest BCUT2D eigenvalue weighted by Gasteiger charge is -1.99. The van der Waals surface area contributed by atoms with Gasteiger partial charge in [-0.2, -0.15) is 20.4 Å². The maximum atomic E-state index is 4.13. The van der Waals surface area contributed by atoms with Crippen LogP contribution in [0.4, 0.5) is 0 Å². The van der Waals surface area contributed by atoms with E-state index in [0.29, 0.717) is 0 Å². The smallest absolute Gasteiger partial charge is 0.0568 e. The molecule has 4 nitrogen and oxygen atoms in total. The summed E-state index contributed by atoms with van der Waals surface area (Å²) in [5, 5.41) is 16.5. The summed E-state index contributed by atoms with van der Waals surface area (Å²) in [5.41, 5.74) is 9.08. The molecule has 3 aromatic rings. The fourth-order valence-corrected chi connectivity index (χ4v) is 2.76. The van der Waals surface area contributed by atoms with Crippen molar-refractivity contribution in [2.75, 3.05) is 0 Å². The molecule has 0 radical (unpaired) electrons. The predicted molar refractivity (Wildman–Crippen MR) is 129 cm³/mol. The molecular formula is C26H26N4. The van der Waals surface area contributed by atoms with Gasteiger partial charge in [0.15, 0.2) is 0 Å². The number of aryl methyl sites for hydroxylation is 4. The second-order valence-electron chi connectivity index (χ2n) is 7.33. The summed E-state index contributed by atoms with van der Waals surface area (Å²) < 4.78 is 0. The van der Waals surface area contributed by atoms with E-state index in [0.717, 1.165) is 22.3 Å². The largest absolute Gasteiger partial charge is 0.159 e. The SMILES string of the molecule is Cc1ccc(/C=N\N=C/c2ccc(/C=N\N=C/c3ccc(C)c(C)c3)cc2)cc1C. The topological polar surface area (TPSA) is 49.4 Å². The average Bonchev–Trinajstić information content (AvgIpc) is 2.74. The highest BCUT2D eigenvalue weighted by Crippen LogP contribution is 2.09. The Hall–Kier alpha value is -3.66. The van der Waals surface area contributed by atoms with Crippen molar-refractivity contribution in [3.05, 3.63) is 105 Å². The number of hydrogen-bond acceptors (Lipinski definition) is 4. The molecule has 3 rings (SSSR count). The molecule has 0 spiro atoms. The zero-order chi connectivity index (χ0) is 21.3. The fraction of sp³-hybridized carbons (Fsp3) is 0.154. The molecule has 0 heterocycles. The quantitative estimate of drug-likeness (QED) is 0.373. The Morgan fingerprint density at radius 3 is 1.03 bits per heavy atom. The van der Waals surface area contributed by atoms with Crippen LogP contribution in [-0.2, 0) is 0 Å². The van der Waals surface area contributed by atoms with Crippen molar-refractivity contribution in [2.24, 2.45) is 20.4 Å². The van der Waals surface area contributed by atoms with Gasteiger partial charge in [0.1, 0.15) is 0 Å². The van der Waals surface area contributed by atoms with Gasteiger partial charge >= 0.3 is 0 Å². The van der Waals surface area contributed by atoms with E-state index in [2.05, 4.69) is 72.4 Å². The van der Waals surface area contributed by atoms with E-state index < -0.39 is 0 Å². The molecular weight excluding hydrogens is 368 g/mol. The minimum absolute atomic E-state index is 0.975. The first-order valence-electron chi connectivity index (χ1n) is 9.88. The first kappa shape index (κ1) is 21.1. The Kier molecular flexibility index (Phi) is 7.17. The molecule has 0 unspecified atom stereocenters. The summed E-state index contributed by atoms with van der Waals surface area (Å²) in [4.78, 5) is 0. The van der Waals surface area contributed by atoms with Gasteiger partial charge in [0.2, 0.25) is 0 Å². The number of rotatable bonds is 6. The van der Waals surface area contributed by atoms with Gasteiger partial charge in [-0.3, -0.25) is 0 Å². The van der Waals surface area contributed by atoms with E-state index in [-0.39, 0.29) is 0 Å². The molecule has 0 N–H and O–H groups in total. The monoisotopic (exact) mass is 394 g/mol. The highest BCUT2D eigenvalue weighted by Gasteiger charge is 1.94. The third-order valence-electron chi connectivity index (χ3n) is 4.96. The predicted octanol–water partition coefficient (Wildman–Crippen LogP) is 5.83. The van der Waals surface area contributed by atoms with Gasteiger partial charge in [-0.25, -0.2) is 0 Å². The van der Waals surface area contributed by atoms with Crippen molar-refractivity contribution in [3.8, 4) is 0 Å². The number of nitrogens with zero attached hydrogens (tertiary/aromatic N) is 4. The number of hydrogen-bond donors (Lipinski definition) is 0. The minimum Gasteiger partial charge on any atom is -0.159 e. The summed E-state index contributed by atoms with van der Waals surface area (Å²) in [6.45, 7) is 8.38. The molecule has 3 aromatic carbocycles. The van der Waals surface area contributed by atoms with Gasteiger partial charge in [0, 0.05) is 0 Å². The average molecular weight is 395 g/mol. The molecule has 4 heteroatoms. The van der Waals surface area contributed by atoms with E-state index in [1.54, 1.807) is 24.9 Å². The minimum atomic E-state index is 0.975. The van der Waals surface area contributed by atoms with Gasteiger partial charge in [-0.15, -0.1) is 0 Å². The van der Waals surface area contributed by atoms with Crippen molar-refractivity contribution in [1.82, 2.24) is 0 Å². The maximum Gasteiger partial charge on any atom is 0.0568 e. The summed E-state index contributed by atoms with van der Waals surface area (Å²) in [6, 6.07) is 20.4. The maximum absolute atomic E-state index is 4.13. The first-order valence-corrected chi connectivity index (χ1v) is 9.88. The summed E-state index contributed by atoms with van der Waals surface area (Å²) in [6.07, 6.45) is 6.99. The molecule has 0 aliphatic heterocycles. The second kappa shape index (κ2) is 10.2. The lowest BCUT2D eigenvalue weighted by atomic mass is 10.1. The molecule has 0 fully saturated rings. The standard InChI is InChI=1S/C26H26N4/c1-19-5-7-25(13-21(19)3)17-29-27-15-23-9-11-24(12-10-23)16-28-30-18-26-8-6-20(2)22(4)14-26/h5-18H,1-4H3/b27-15-,28-16-,29-17-,30-18-. The van der Waals surface area contributed by atoms with Crippen LogP contribution in [0, 0.1) is 27.7 Å². The Morgan fingerprint density at radius 1 is 0.400 bits per heavy atom. The zero-order valence-electron chi connectivity index (χ0n) is 17.9. The number of benzene rings is 3. The highest BCUT2D eigenvalue weighted by atomic mass is 15.2. The van der Waals surface area contributed by atoms with E-state index in [1.807, 2.05) is 36.4 Å². The molecule has 30 heavy (non-hydrogen) atoms. The molecule has 0 amide bonds. The lowest BCUT2D eigenvalue weighted by molar-refractivity contribution is 1.26. The third-order valence-corrected chi connectivity index (χ3v) is 4.96. The van der Waals surface area contributed by atoms with Crippen LogP contribution in [0.25, 0.3) is 0 Å². The van der Waals surface area contributed by atoms with Crippen molar-refractivity contribution in [3.63, 3.8) is 0 Å². The Labute approximate surface area is 178 Å². The van der Waals surface area contributed by atoms with Crippen molar-refractivity contribution < 1.29 is 0 Å². The highest BCUT2D eigenvalue weighted by molar-refractivity contribution is 5.86. The Balaban J connectivity index is 1.55. The zero-order valence-corrected chi connectivity index (χ0v) is 17.9. The Morgan fingerprint density at radius 2 is 0.700 bits per heavy atom. The van der Waals surface area contributed by atoms with Crippen LogP contribution in [-0.4, -0.2) is 24.9 Å². The van der Waals surface area contributed by atoms with Crippen LogP contribution >= 0.6 is 0 Å². The lowest BCUT2D eigenvalue weighted by Crippen LogP contribution is -1.87. The van der Waals surface area contributed by atoms with Gasteiger partial charge in [0.05, 0.1) is 24.9 Å². The van der Waals surface area contributed by atoms with Crippen molar-refractivity contribution in [2.45, 2.75) is 27.7 Å². The molecule has 0 saturated heterocycles. The van der Waals surface area contributed by atoms with Crippen LogP contribution in [0.5, 0.6) is 0 Å². The van der Waals surface area contributed by atoms with Crippen LogP contribution in [0.1, 0.15) is 44.5 Å². The summed E-state index contributed by atoms with van der Waals surface area (Å²) in [7, 11) is 0. The normalized spacial score (nSPS) is 12.1. The molecule has 0 aliphatic carbocycles. The van der Waals surface area contributed by atoms with E-state index in [1.165, 1.54) is 22.3 Å². The van der Waals surface area contributed by atoms with E-state index in [4.69, 9.17) is 0 Å². The van der Waals surface area contributed by atoms with Gasteiger partial charge in [-0.05, 0) is 72.2 Å².